The number of furan rings is 1. The molecule has 7 aromatic rings. The minimum atomic E-state index is 0.163. The van der Waals surface area contributed by atoms with Crippen LogP contribution >= 0.6 is 11.6 Å². The van der Waals surface area contributed by atoms with Crippen LogP contribution in [0.1, 0.15) is 1.37 Å². The zero-order valence-electron chi connectivity index (χ0n) is 22.4. The Labute approximate surface area is 238 Å². The summed E-state index contributed by atoms with van der Waals surface area (Å²) in [5.41, 5.74) is 6.66. The lowest BCUT2D eigenvalue weighted by Gasteiger charge is -2.31. The minimum Gasteiger partial charge on any atom is -0.438 e. The summed E-state index contributed by atoms with van der Waals surface area (Å²) in [6.45, 7) is 0. The average molecular weight is 539 g/mol. The first-order valence-corrected chi connectivity index (χ1v) is 13.4. The molecule has 0 atom stereocenters. The monoisotopic (exact) mass is 538 g/mol. The topological polar surface area (TPSA) is 32.5 Å². The largest absolute Gasteiger partial charge is 0.438 e. The summed E-state index contributed by atoms with van der Waals surface area (Å²) in [5.74, 6) is 0. The molecule has 0 unspecified atom stereocenters. The molecule has 0 aliphatic rings. The first-order valence-electron chi connectivity index (χ1n) is 13.5. The van der Waals surface area contributed by atoms with Gasteiger partial charge in [0.05, 0.1) is 34.2 Å². The number of benzene rings is 5. The molecule has 0 saturated carbocycles. The van der Waals surface area contributed by atoms with Gasteiger partial charge in [-0.2, -0.15) is 0 Å². The molecule has 7 rings (SSSR count). The van der Waals surface area contributed by atoms with Gasteiger partial charge in [-0.1, -0.05) is 78.3 Å². The van der Waals surface area contributed by atoms with Crippen molar-refractivity contribution in [2.75, 3.05) is 9.80 Å². The summed E-state index contributed by atoms with van der Waals surface area (Å²) in [5, 5.41) is 2.35. The van der Waals surface area contributed by atoms with Crippen molar-refractivity contribution >= 4 is 67.8 Å². The summed E-state index contributed by atoms with van der Waals surface area (Å²) < 4.78 is 14.1. The summed E-state index contributed by atoms with van der Waals surface area (Å²) in [6, 6.07) is 46.3. The zero-order valence-corrected chi connectivity index (χ0v) is 22.2. The van der Waals surface area contributed by atoms with Gasteiger partial charge in [-0.25, -0.2) is 4.98 Å². The minimum absolute atomic E-state index is 0.163. The maximum atomic E-state index is 7.99. The van der Waals surface area contributed by atoms with Crippen molar-refractivity contribution in [2.45, 2.75) is 0 Å². The molecule has 0 aliphatic heterocycles. The summed E-state index contributed by atoms with van der Waals surface area (Å²) in [4.78, 5) is 8.66. The third-order valence-corrected chi connectivity index (χ3v) is 7.31. The molecule has 2 aromatic heterocycles. The molecular formula is C35H24ClN3O. The predicted molar refractivity (Wildman–Crippen MR) is 166 cm³/mol. The van der Waals surface area contributed by atoms with E-state index in [4.69, 9.17) is 17.4 Å². The van der Waals surface area contributed by atoms with E-state index in [0.29, 0.717) is 16.3 Å². The Morgan fingerprint density at radius 2 is 1.07 bits per heavy atom. The standard InChI is InChI=1S/C35H24ClN3O/c36-34-30(38(25-13-4-1-5-14-25)26-15-6-2-7-16-26)21-10-22-31(34)39(27-17-8-3-9-18-27)29-20-11-23-32-33(29)28-19-12-24-37-35(28)40-32/h1-24H/i24D. The van der Waals surface area contributed by atoms with Gasteiger partial charge in [0.1, 0.15) is 5.58 Å². The number of pyridine rings is 1. The molecular weight excluding hydrogens is 514 g/mol. The Bertz CT molecular complexity index is 1940. The molecule has 0 spiro atoms. The highest BCUT2D eigenvalue weighted by atomic mass is 35.5. The van der Waals surface area contributed by atoms with E-state index in [0.717, 1.165) is 44.9 Å². The molecule has 2 heterocycles. The number of aromatic nitrogens is 1. The van der Waals surface area contributed by atoms with Crippen LogP contribution in [0.3, 0.4) is 0 Å². The summed E-state index contributed by atoms with van der Waals surface area (Å²) in [6.07, 6.45) is 0.163. The van der Waals surface area contributed by atoms with Gasteiger partial charge >= 0.3 is 0 Å². The van der Waals surface area contributed by atoms with E-state index >= 15 is 0 Å². The number of hydrogen-bond acceptors (Lipinski definition) is 4. The maximum Gasteiger partial charge on any atom is 0.227 e. The van der Waals surface area contributed by atoms with Gasteiger partial charge in [-0.05, 0) is 72.8 Å². The smallest absolute Gasteiger partial charge is 0.227 e. The van der Waals surface area contributed by atoms with Crippen LogP contribution in [0.25, 0.3) is 22.1 Å². The van der Waals surface area contributed by atoms with Crippen molar-refractivity contribution in [3.63, 3.8) is 0 Å². The predicted octanol–water partition coefficient (Wildman–Crippen LogP) is 10.6. The van der Waals surface area contributed by atoms with Gasteiger partial charge in [0, 0.05) is 23.2 Å². The van der Waals surface area contributed by atoms with Crippen molar-refractivity contribution < 1.29 is 5.79 Å². The molecule has 4 nitrogen and oxygen atoms in total. The normalized spacial score (nSPS) is 11.5. The van der Waals surface area contributed by atoms with E-state index in [2.05, 4.69) is 57.2 Å². The van der Waals surface area contributed by atoms with Crippen LogP contribution in [0, 0.1) is 0 Å². The fraction of sp³-hybridized carbons (Fsp3) is 0. The van der Waals surface area contributed by atoms with Crippen LogP contribution in [-0.4, -0.2) is 4.98 Å². The van der Waals surface area contributed by atoms with Crippen LogP contribution in [-0.2, 0) is 0 Å². The lowest BCUT2D eigenvalue weighted by molar-refractivity contribution is 0.654. The number of anilines is 6. The molecule has 0 amide bonds. The van der Waals surface area contributed by atoms with Gasteiger partial charge in [0.25, 0.3) is 0 Å². The first-order chi connectivity index (χ1) is 20.2. The molecule has 0 bridgehead atoms. The SMILES string of the molecule is [2H]c1ccc2c(n1)oc1cccc(N(c3ccccc3)c3cccc(N(c4ccccc4)c4ccccc4)c3Cl)c12. The van der Waals surface area contributed by atoms with Crippen molar-refractivity contribution in [3.8, 4) is 0 Å². The average Bonchev–Trinajstić information content (AvgIpc) is 3.39. The number of hydrogen-bond donors (Lipinski definition) is 0. The second kappa shape index (κ2) is 10.3. The quantitative estimate of drug-likeness (QED) is 0.211. The molecule has 0 N–H and O–H groups in total. The lowest BCUT2D eigenvalue weighted by atomic mass is 10.1. The van der Waals surface area contributed by atoms with E-state index in [1.807, 2.05) is 91.0 Å². The Balaban J connectivity index is 1.49. The van der Waals surface area contributed by atoms with Gasteiger partial charge < -0.3 is 14.2 Å². The van der Waals surface area contributed by atoms with Gasteiger partial charge in [0.2, 0.25) is 5.71 Å². The molecule has 0 aliphatic carbocycles. The van der Waals surface area contributed by atoms with Crippen LogP contribution in [0.5, 0.6) is 0 Å². The Morgan fingerprint density at radius 1 is 0.550 bits per heavy atom. The maximum absolute atomic E-state index is 7.99. The summed E-state index contributed by atoms with van der Waals surface area (Å²) in [7, 11) is 0. The number of halogens is 1. The van der Waals surface area contributed by atoms with Crippen molar-refractivity contribution in [2.24, 2.45) is 0 Å². The Kier molecular flexibility index (Phi) is 5.86. The molecule has 5 aromatic carbocycles. The second-order valence-electron chi connectivity index (χ2n) is 9.33. The molecule has 0 radical (unpaired) electrons. The van der Waals surface area contributed by atoms with Crippen LogP contribution in [0.15, 0.2) is 150 Å². The molecule has 40 heavy (non-hydrogen) atoms. The van der Waals surface area contributed by atoms with E-state index in [1.54, 1.807) is 6.07 Å². The molecule has 192 valence electrons. The number of rotatable bonds is 6. The number of nitrogens with zero attached hydrogens (tertiary/aromatic N) is 3. The van der Waals surface area contributed by atoms with Gasteiger partial charge in [0.15, 0.2) is 0 Å². The highest BCUT2D eigenvalue weighted by Crippen LogP contribution is 2.48. The third kappa shape index (κ3) is 4.15. The third-order valence-electron chi connectivity index (χ3n) is 6.93. The second-order valence-corrected chi connectivity index (χ2v) is 9.71. The van der Waals surface area contributed by atoms with E-state index in [9.17, 15) is 0 Å². The van der Waals surface area contributed by atoms with Crippen molar-refractivity contribution in [1.82, 2.24) is 4.98 Å². The summed E-state index contributed by atoms with van der Waals surface area (Å²) >= 11 is 7.42. The molecule has 5 heteroatoms. The first kappa shape index (κ1) is 22.9. The van der Waals surface area contributed by atoms with Crippen LogP contribution < -0.4 is 9.80 Å². The molecule has 0 fully saturated rings. The van der Waals surface area contributed by atoms with Crippen molar-refractivity contribution in [1.29, 1.82) is 0 Å². The van der Waals surface area contributed by atoms with E-state index in [-0.39, 0.29) is 6.17 Å². The lowest BCUT2D eigenvalue weighted by Crippen LogP contribution is -2.14. The molecule has 0 saturated heterocycles. The van der Waals surface area contributed by atoms with E-state index in [1.165, 1.54) is 0 Å². The van der Waals surface area contributed by atoms with Crippen LogP contribution in [0.4, 0.5) is 34.1 Å². The van der Waals surface area contributed by atoms with Gasteiger partial charge in [-0.15, -0.1) is 0 Å². The Morgan fingerprint density at radius 3 is 1.70 bits per heavy atom. The highest BCUT2D eigenvalue weighted by Gasteiger charge is 2.24. The van der Waals surface area contributed by atoms with Crippen molar-refractivity contribution in [3.05, 3.63) is 151 Å². The number of para-hydroxylation sites is 3. The Hall–Kier alpha value is -5.06. The fourth-order valence-corrected chi connectivity index (χ4v) is 5.50. The van der Waals surface area contributed by atoms with Crippen LogP contribution in [0.2, 0.25) is 5.02 Å². The number of fused-ring (bicyclic) bond motifs is 3. The highest BCUT2D eigenvalue weighted by molar-refractivity contribution is 6.37. The fourth-order valence-electron chi connectivity index (χ4n) is 5.20. The van der Waals surface area contributed by atoms with E-state index < -0.39 is 0 Å². The van der Waals surface area contributed by atoms with Gasteiger partial charge in [-0.3, -0.25) is 0 Å². The zero-order chi connectivity index (χ0) is 27.8.